The van der Waals surface area contributed by atoms with Gasteiger partial charge in [-0.3, -0.25) is 4.79 Å². The van der Waals surface area contributed by atoms with E-state index in [0.29, 0.717) is 18.0 Å². The van der Waals surface area contributed by atoms with Crippen LogP contribution in [0.5, 0.6) is 5.75 Å². The minimum Gasteiger partial charge on any atom is -0.508 e. The van der Waals surface area contributed by atoms with Gasteiger partial charge in [0, 0.05) is 18.2 Å². The van der Waals surface area contributed by atoms with Gasteiger partial charge < -0.3 is 16.2 Å². The second-order valence-corrected chi connectivity index (χ2v) is 4.62. The third kappa shape index (κ3) is 2.97. The van der Waals surface area contributed by atoms with Gasteiger partial charge in [-0.15, -0.1) is 0 Å². The van der Waals surface area contributed by atoms with Crippen molar-refractivity contribution in [1.82, 2.24) is 5.32 Å². The molecule has 0 bridgehead atoms. The lowest BCUT2D eigenvalue weighted by Gasteiger charge is -2.15. The molecule has 0 heterocycles. The zero-order chi connectivity index (χ0) is 12.3. The molecule has 1 aromatic rings. The Morgan fingerprint density at radius 2 is 2.29 bits per heavy atom. The minimum absolute atomic E-state index is 0.107. The fourth-order valence-electron chi connectivity index (χ4n) is 2.29. The van der Waals surface area contributed by atoms with Crippen LogP contribution >= 0.6 is 0 Å². The molecule has 0 aromatic heterocycles. The molecule has 1 fully saturated rings. The molecule has 1 aliphatic carbocycles. The van der Waals surface area contributed by atoms with E-state index in [9.17, 15) is 9.90 Å². The van der Waals surface area contributed by atoms with Crippen molar-refractivity contribution in [3.8, 4) is 5.75 Å². The lowest BCUT2D eigenvalue weighted by molar-refractivity contribution is 0.0946. The molecule has 2 rings (SSSR count). The molecule has 0 spiro atoms. The number of aromatic hydroxyl groups is 1. The molecule has 1 amide bonds. The first-order chi connectivity index (χ1) is 8.16. The minimum atomic E-state index is -0.153. The number of benzene rings is 1. The summed E-state index contributed by atoms with van der Waals surface area (Å²) in [5.74, 6) is 0.339. The fraction of sp³-hybridized carbons (Fsp3) is 0.462. The smallest absolute Gasteiger partial charge is 0.251 e. The van der Waals surface area contributed by atoms with Crippen LogP contribution in [0.25, 0.3) is 0 Å². The predicted octanol–water partition coefficient (Wildman–Crippen LogP) is 1.25. The number of amides is 1. The van der Waals surface area contributed by atoms with Crippen molar-refractivity contribution in [1.29, 1.82) is 0 Å². The molecule has 4 N–H and O–H groups in total. The predicted molar refractivity (Wildman–Crippen MR) is 65.8 cm³/mol. The van der Waals surface area contributed by atoms with Crippen LogP contribution in [0, 0.1) is 5.92 Å². The Hall–Kier alpha value is -1.55. The molecule has 0 saturated heterocycles. The summed E-state index contributed by atoms with van der Waals surface area (Å²) in [5, 5.41) is 12.2. The van der Waals surface area contributed by atoms with E-state index in [1.165, 1.54) is 6.07 Å². The molecule has 1 aliphatic rings. The number of carbonyl (C=O) groups is 1. The van der Waals surface area contributed by atoms with Crippen molar-refractivity contribution < 1.29 is 9.90 Å². The van der Waals surface area contributed by atoms with Gasteiger partial charge in [0.15, 0.2) is 0 Å². The molecule has 92 valence electrons. The molecular weight excluding hydrogens is 216 g/mol. The van der Waals surface area contributed by atoms with E-state index in [0.717, 1.165) is 19.3 Å². The number of nitrogens with one attached hydrogen (secondary N) is 1. The van der Waals surface area contributed by atoms with E-state index in [2.05, 4.69) is 5.32 Å². The standard InChI is InChI=1S/C13H18N2O2/c14-12-6-2-4-10(12)8-15-13(17)9-3-1-5-11(16)7-9/h1,3,5,7,10,12,16H,2,4,6,8,14H2,(H,15,17). The first-order valence-electron chi connectivity index (χ1n) is 5.99. The highest BCUT2D eigenvalue weighted by Gasteiger charge is 2.24. The molecule has 17 heavy (non-hydrogen) atoms. The average molecular weight is 234 g/mol. The maximum absolute atomic E-state index is 11.8. The van der Waals surface area contributed by atoms with Crippen molar-refractivity contribution >= 4 is 5.91 Å². The second kappa shape index (κ2) is 5.19. The van der Waals surface area contributed by atoms with E-state index < -0.39 is 0 Å². The lowest BCUT2D eigenvalue weighted by atomic mass is 10.0. The quantitative estimate of drug-likeness (QED) is 0.736. The number of nitrogens with two attached hydrogens (primary N) is 1. The van der Waals surface area contributed by atoms with E-state index in [1.807, 2.05) is 0 Å². The van der Waals surface area contributed by atoms with Gasteiger partial charge in [0.05, 0.1) is 0 Å². The summed E-state index contributed by atoms with van der Waals surface area (Å²) in [6.07, 6.45) is 3.28. The number of hydrogen-bond acceptors (Lipinski definition) is 3. The summed E-state index contributed by atoms with van der Waals surface area (Å²) in [6.45, 7) is 0.621. The summed E-state index contributed by atoms with van der Waals surface area (Å²) >= 11 is 0. The maximum atomic E-state index is 11.8. The number of hydrogen-bond donors (Lipinski definition) is 3. The summed E-state index contributed by atoms with van der Waals surface area (Å²) < 4.78 is 0. The van der Waals surface area contributed by atoms with Crippen molar-refractivity contribution in [2.45, 2.75) is 25.3 Å². The molecule has 4 nitrogen and oxygen atoms in total. The van der Waals surface area contributed by atoms with E-state index in [1.54, 1.807) is 18.2 Å². The van der Waals surface area contributed by atoms with Gasteiger partial charge in [0.25, 0.3) is 5.91 Å². The zero-order valence-electron chi connectivity index (χ0n) is 9.73. The third-order valence-corrected chi connectivity index (χ3v) is 3.35. The van der Waals surface area contributed by atoms with Crippen LogP contribution in [0.4, 0.5) is 0 Å². The molecular formula is C13H18N2O2. The van der Waals surface area contributed by atoms with Gasteiger partial charge in [-0.1, -0.05) is 12.5 Å². The van der Waals surface area contributed by atoms with E-state index in [-0.39, 0.29) is 17.7 Å². The van der Waals surface area contributed by atoms with Crippen molar-refractivity contribution in [3.63, 3.8) is 0 Å². The summed E-state index contributed by atoms with van der Waals surface area (Å²) in [5.41, 5.74) is 6.42. The molecule has 4 heteroatoms. The highest BCUT2D eigenvalue weighted by molar-refractivity contribution is 5.94. The number of carbonyl (C=O) groups excluding carboxylic acids is 1. The van der Waals surface area contributed by atoms with Gasteiger partial charge >= 0.3 is 0 Å². The first kappa shape index (κ1) is 11.9. The summed E-state index contributed by atoms with van der Waals surface area (Å²) in [6, 6.07) is 6.56. The highest BCUT2D eigenvalue weighted by Crippen LogP contribution is 2.23. The number of rotatable bonds is 3. The molecule has 2 unspecified atom stereocenters. The Bertz CT molecular complexity index is 406. The summed E-state index contributed by atoms with van der Waals surface area (Å²) in [4.78, 5) is 11.8. The van der Waals surface area contributed by atoms with Crippen LogP contribution < -0.4 is 11.1 Å². The monoisotopic (exact) mass is 234 g/mol. The van der Waals surface area contributed by atoms with Crippen LogP contribution in [0.2, 0.25) is 0 Å². The van der Waals surface area contributed by atoms with Gasteiger partial charge in [0.1, 0.15) is 5.75 Å². The largest absolute Gasteiger partial charge is 0.508 e. The zero-order valence-corrected chi connectivity index (χ0v) is 9.73. The highest BCUT2D eigenvalue weighted by atomic mass is 16.3. The fourth-order valence-corrected chi connectivity index (χ4v) is 2.29. The topological polar surface area (TPSA) is 75.3 Å². The average Bonchev–Trinajstić information content (AvgIpc) is 2.72. The van der Waals surface area contributed by atoms with Crippen LogP contribution in [0.1, 0.15) is 29.6 Å². The Kier molecular flexibility index (Phi) is 3.64. The third-order valence-electron chi connectivity index (χ3n) is 3.35. The van der Waals surface area contributed by atoms with Gasteiger partial charge in [0.2, 0.25) is 0 Å². The van der Waals surface area contributed by atoms with Crippen molar-refractivity contribution in [2.75, 3.05) is 6.54 Å². The van der Waals surface area contributed by atoms with Crippen molar-refractivity contribution in [2.24, 2.45) is 11.7 Å². The van der Waals surface area contributed by atoms with E-state index >= 15 is 0 Å². The number of phenolic OH excluding ortho intramolecular Hbond substituents is 1. The van der Waals surface area contributed by atoms with E-state index in [4.69, 9.17) is 5.73 Å². The molecule has 1 saturated carbocycles. The normalized spacial score (nSPS) is 23.6. The molecule has 0 aliphatic heterocycles. The Morgan fingerprint density at radius 3 is 2.94 bits per heavy atom. The van der Waals surface area contributed by atoms with Crippen LogP contribution in [0.3, 0.4) is 0 Å². The molecule has 1 aromatic carbocycles. The lowest BCUT2D eigenvalue weighted by Crippen LogP contribution is -2.35. The molecule has 0 radical (unpaired) electrons. The maximum Gasteiger partial charge on any atom is 0.251 e. The van der Waals surface area contributed by atoms with Gasteiger partial charge in [-0.05, 0) is 37.0 Å². The number of phenols is 1. The van der Waals surface area contributed by atoms with Gasteiger partial charge in [-0.2, -0.15) is 0 Å². The first-order valence-corrected chi connectivity index (χ1v) is 5.99. The SMILES string of the molecule is NC1CCCC1CNC(=O)c1cccc(O)c1. The molecule has 2 atom stereocenters. The Morgan fingerprint density at radius 1 is 1.47 bits per heavy atom. The van der Waals surface area contributed by atoms with Crippen LogP contribution in [-0.2, 0) is 0 Å². The van der Waals surface area contributed by atoms with Crippen molar-refractivity contribution in [3.05, 3.63) is 29.8 Å². The van der Waals surface area contributed by atoms with Crippen LogP contribution in [-0.4, -0.2) is 23.6 Å². The second-order valence-electron chi connectivity index (χ2n) is 4.62. The Labute approximate surface area is 101 Å². The Balaban J connectivity index is 1.89. The van der Waals surface area contributed by atoms with Crippen LogP contribution in [0.15, 0.2) is 24.3 Å². The summed E-state index contributed by atoms with van der Waals surface area (Å²) in [7, 11) is 0. The van der Waals surface area contributed by atoms with Gasteiger partial charge in [-0.25, -0.2) is 0 Å².